The van der Waals surface area contributed by atoms with Crippen LogP contribution in [0.1, 0.15) is 13.3 Å². The van der Waals surface area contributed by atoms with Crippen LogP contribution in [0.2, 0.25) is 0 Å². The molecule has 0 saturated heterocycles. The Hall–Kier alpha value is -0.970. The van der Waals surface area contributed by atoms with Gasteiger partial charge in [0.05, 0.1) is 0 Å². The molecule has 5 heteroatoms. The van der Waals surface area contributed by atoms with Gasteiger partial charge in [-0.3, -0.25) is 4.79 Å². The van der Waals surface area contributed by atoms with Crippen molar-refractivity contribution in [2.45, 2.75) is 23.8 Å². The molecule has 66 valence electrons. The quantitative estimate of drug-likeness (QED) is 0.697. The molecule has 1 heterocycles. The number of carboxylic acids is 1. The molecular weight excluding hydrogens is 176 g/mol. The van der Waals surface area contributed by atoms with E-state index in [4.69, 9.17) is 5.11 Å². The number of carboxylic acid groups (broad SMARTS) is 1. The van der Waals surface area contributed by atoms with Gasteiger partial charge in [-0.1, -0.05) is 18.7 Å². The van der Waals surface area contributed by atoms with Crippen molar-refractivity contribution in [3.05, 3.63) is 12.4 Å². The summed E-state index contributed by atoms with van der Waals surface area (Å²) in [5, 5.41) is 8.96. The van der Waals surface area contributed by atoms with Crippen molar-refractivity contribution in [3.8, 4) is 0 Å². The van der Waals surface area contributed by atoms with Crippen molar-refractivity contribution in [1.82, 2.24) is 9.97 Å². The van der Waals surface area contributed by atoms with Gasteiger partial charge in [0.2, 0.25) is 0 Å². The van der Waals surface area contributed by atoms with Crippen molar-refractivity contribution in [1.29, 1.82) is 0 Å². The molecule has 0 aliphatic rings. The third-order valence-corrected chi connectivity index (χ3v) is 2.64. The Morgan fingerprint density at radius 1 is 1.92 bits per heavy atom. The molecule has 0 amide bonds. The SMILES string of the molecule is CCC(Sc1ncc[nH]1)C(=O)O. The summed E-state index contributed by atoms with van der Waals surface area (Å²) in [4.78, 5) is 17.4. The maximum Gasteiger partial charge on any atom is 0.317 e. The van der Waals surface area contributed by atoms with Gasteiger partial charge in [-0.2, -0.15) is 0 Å². The molecule has 2 N–H and O–H groups in total. The number of carbonyl (C=O) groups is 1. The van der Waals surface area contributed by atoms with Crippen molar-refractivity contribution < 1.29 is 9.90 Å². The maximum absolute atomic E-state index is 10.6. The van der Waals surface area contributed by atoms with Crippen LogP contribution in [0.4, 0.5) is 0 Å². The van der Waals surface area contributed by atoms with Crippen LogP contribution in [0.3, 0.4) is 0 Å². The van der Waals surface area contributed by atoms with Crippen LogP contribution in [0.15, 0.2) is 17.6 Å². The Morgan fingerprint density at radius 2 is 2.67 bits per heavy atom. The largest absolute Gasteiger partial charge is 0.480 e. The molecule has 0 fully saturated rings. The Bertz CT molecular complexity index is 248. The van der Waals surface area contributed by atoms with E-state index in [1.807, 2.05) is 6.92 Å². The first-order chi connectivity index (χ1) is 5.74. The maximum atomic E-state index is 10.6. The van der Waals surface area contributed by atoms with Gasteiger partial charge in [-0.15, -0.1) is 0 Å². The molecule has 4 nitrogen and oxygen atoms in total. The first kappa shape index (κ1) is 9.12. The summed E-state index contributed by atoms with van der Waals surface area (Å²) in [5.74, 6) is -0.793. The number of hydrogen-bond acceptors (Lipinski definition) is 3. The van der Waals surface area contributed by atoms with Crippen LogP contribution in [-0.2, 0) is 4.79 Å². The molecule has 0 bridgehead atoms. The molecule has 12 heavy (non-hydrogen) atoms. The van der Waals surface area contributed by atoms with Crippen molar-refractivity contribution in [2.75, 3.05) is 0 Å². The average Bonchev–Trinajstić information content (AvgIpc) is 2.51. The first-order valence-electron chi connectivity index (χ1n) is 3.63. The lowest BCUT2D eigenvalue weighted by molar-refractivity contribution is -0.136. The van der Waals surface area contributed by atoms with E-state index in [9.17, 15) is 4.79 Å². The minimum Gasteiger partial charge on any atom is -0.480 e. The number of nitrogens with one attached hydrogen (secondary N) is 1. The van der Waals surface area contributed by atoms with Gasteiger partial charge in [0.1, 0.15) is 5.25 Å². The fourth-order valence-corrected chi connectivity index (χ4v) is 1.55. The van der Waals surface area contributed by atoms with Crippen LogP contribution in [0, 0.1) is 0 Å². The van der Waals surface area contributed by atoms with Crippen LogP contribution in [0.25, 0.3) is 0 Å². The molecule has 1 atom stereocenters. The van der Waals surface area contributed by atoms with E-state index in [0.29, 0.717) is 11.6 Å². The summed E-state index contributed by atoms with van der Waals surface area (Å²) in [6.45, 7) is 1.84. The number of aromatic nitrogens is 2. The molecule has 1 rings (SSSR count). The third kappa shape index (κ3) is 2.27. The van der Waals surface area contributed by atoms with Crippen LogP contribution >= 0.6 is 11.8 Å². The van der Waals surface area contributed by atoms with E-state index >= 15 is 0 Å². The monoisotopic (exact) mass is 186 g/mol. The summed E-state index contributed by atoms with van der Waals surface area (Å²) < 4.78 is 0. The van der Waals surface area contributed by atoms with Crippen LogP contribution in [0.5, 0.6) is 0 Å². The number of nitrogens with zero attached hydrogens (tertiary/aromatic N) is 1. The highest BCUT2D eigenvalue weighted by atomic mass is 32.2. The Labute approximate surface area is 74.4 Å². The normalized spacial score (nSPS) is 12.8. The van der Waals surface area contributed by atoms with Crippen LogP contribution < -0.4 is 0 Å². The zero-order chi connectivity index (χ0) is 8.97. The van der Waals surface area contributed by atoms with Crippen LogP contribution in [-0.4, -0.2) is 26.3 Å². The van der Waals surface area contributed by atoms with E-state index in [2.05, 4.69) is 9.97 Å². The first-order valence-corrected chi connectivity index (χ1v) is 4.51. The second kappa shape index (κ2) is 4.15. The number of rotatable bonds is 4. The number of thioether (sulfide) groups is 1. The minimum atomic E-state index is -0.793. The highest BCUT2D eigenvalue weighted by molar-refractivity contribution is 8.00. The number of H-pyrrole nitrogens is 1. The Balaban J connectivity index is 2.54. The summed E-state index contributed by atoms with van der Waals surface area (Å²) in [6.07, 6.45) is 3.88. The molecule has 0 aromatic carbocycles. The van der Waals surface area contributed by atoms with Gasteiger partial charge in [-0.25, -0.2) is 4.98 Å². The second-order valence-corrected chi connectivity index (χ2v) is 3.44. The second-order valence-electron chi connectivity index (χ2n) is 2.25. The zero-order valence-electron chi connectivity index (χ0n) is 6.65. The van der Waals surface area contributed by atoms with Gasteiger partial charge >= 0.3 is 5.97 Å². The Morgan fingerprint density at radius 3 is 3.08 bits per heavy atom. The lowest BCUT2D eigenvalue weighted by atomic mass is 10.3. The molecule has 0 aliphatic carbocycles. The van der Waals surface area contributed by atoms with E-state index in [-0.39, 0.29) is 0 Å². The van der Waals surface area contributed by atoms with E-state index < -0.39 is 11.2 Å². The molecule has 1 aromatic rings. The van der Waals surface area contributed by atoms with Crippen molar-refractivity contribution >= 4 is 17.7 Å². The summed E-state index contributed by atoms with van der Waals surface area (Å²) in [5.41, 5.74) is 0. The fourth-order valence-electron chi connectivity index (χ4n) is 0.758. The van der Waals surface area contributed by atoms with Gasteiger partial charge in [-0.05, 0) is 6.42 Å². The number of hydrogen-bond donors (Lipinski definition) is 2. The highest BCUT2D eigenvalue weighted by Crippen LogP contribution is 2.21. The van der Waals surface area contributed by atoms with Gasteiger partial charge in [0, 0.05) is 12.4 Å². The van der Waals surface area contributed by atoms with E-state index in [0.717, 1.165) is 0 Å². The molecule has 1 aromatic heterocycles. The fraction of sp³-hybridized carbons (Fsp3) is 0.429. The molecule has 0 spiro atoms. The zero-order valence-corrected chi connectivity index (χ0v) is 7.47. The van der Waals surface area contributed by atoms with Gasteiger partial charge < -0.3 is 10.1 Å². The third-order valence-electron chi connectivity index (χ3n) is 1.37. The smallest absolute Gasteiger partial charge is 0.317 e. The predicted molar refractivity (Wildman–Crippen MR) is 46.2 cm³/mol. The van der Waals surface area contributed by atoms with Crippen molar-refractivity contribution in [3.63, 3.8) is 0 Å². The topological polar surface area (TPSA) is 66.0 Å². The predicted octanol–water partition coefficient (Wildman–Crippen LogP) is 1.36. The van der Waals surface area contributed by atoms with Crippen molar-refractivity contribution in [2.24, 2.45) is 0 Å². The Kier molecular flexibility index (Phi) is 3.16. The summed E-state index contributed by atoms with van der Waals surface area (Å²) >= 11 is 1.24. The average molecular weight is 186 g/mol. The molecular formula is C7H10N2O2S. The minimum absolute atomic E-state index is 0.406. The molecule has 0 saturated carbocycles. The summed E-state index contributed by atoms with van der Waals surface area (Å²) in [7, 11) is 0. The molecule has 0 aliphatic heterocycles. The molecule has 1 unspecified atom stereocenters. The van der Waals surface area contributed by atoms with E-state index in [1.165, 1.54) is 11.8 Å². The van der Waals surface area contributed by atoms with E-state index in [1.54, 1.807) is 12.4 Å². The number of imidazole rings is 1. The van der Waals surface area contributed by atoms with Gasteiger partial charge in [0.25, 0.3) is 0 Å². The van der Waals surface area contributed by atoms with Gasteiger partial charge in [0.15, 0.2) is 5.16 Å². The summed E-state index contributed by atoms with van der Waals surface area (Å²) in [6, 6.07) is 0. The highest BCUT2D eigenvalue weighted by Gasteiger charge is 2.17. The standard InChI is InChI=1S/C7H10N2O2S/c1-2-5(6(10)11)12-7-8-3-4-9-7/h3-5H,2H2,1H3,(H,8,9)(H,10,11). The lowest BCUT2D eigenvalue weighted by Gasteiger charge is -2.05. The lowest BCUT2D eigenvalue weighted by Crippen LogP contribution is -2.14. The number of aliphatic carboxylic acids is 1. The molecule has 0 radical (unpaired) electrons. The number of aromatic amines is 1.